The van der Waals surface area contributed by atoms with Crippen molar-refractivity contribution in [2.75, 3.05) is 18.9 Å². The lowest BCUT2D eigenvalue weighted by Gasteiger charge is -2.31. The zero-order valence-corrected chi connectivity index (χ0v) is 25.2. The number of likely N-dealkylation sites (N-methyl/N-ethyl adjacent to an activating group) is 1. The minimum atomic E-state index is -0.725. The van der Waals surface area contributed by atoms with Crippen molar-refractivity contribution in [3.8, 4) is 0 Å². The first-order valence-corrected chi connectivity index (χ1v) is 15.7. The molecular formula is C33H47N5O4. The number of nitrogens with zero attached hydrogens (tertiary/aromatic N) is 1. The van der Waals surface area contributed by atoms with Gasteiger partial charge in [0.25, 0.3) is 5.56 Å². The zero-order chi connectivity index (χ0) is 29.9. The molecule has 4 N–H and O–H groups in total. The van der Waals surface area contributed by atoms with Gasteiger partial charge in [0.2, 0.25) is 17.7 Å². The monoisotopic (exact) mass is 577 g/mol. The molecule has 2 atom stereocenters. The van der Waals surface area contributed by atoms with Crippen LogP contribution in [-0.4, -0.2) is 48.0 Å². The molecule has 1 heterocycles. The minimum Gasteiger partial charge on any atom is -0.355 e. The van der Waals surface area contributed by atoms with Crippen molar-refractivity contribution in [1.82, 2.24) is 20.5 Å². The Morgan fingerprint density at radius 1 is 0.952 bits per heavy atom. The maximum atomic E-state index is 13.7. The highest BCUT2D eigenvalue weighted by Gasteiger charge is 2.33. The van der Waals surface area contributed by atoms with Crippen LogP contribution in [0.4, 0.5) is 5.69 Å². The molecule has 0 bridgehead atoms. The number of unbranched alkanes of at least 4 members (excludes halogenated alkanes) is 1. The molecule has 2 aliphatic carbocycles. The molecule has 0 spiro atoms. The van der Waals surface area contributed by atoms with Gasteiger partial charge in [0.1, 0.15) is 18.3 Å². The quantitative estimate of drug-likeness (QED) is 0.272. The molecule has 1 fully saturated rings. The molecule has 0 unspecified atom stereocenters. The van der Waals surface area contributed by atoms with Gasteiger partial charge in [-0.3, -0.25) is 19.2 Å². The zero-order valence-electron chi connectivity index (χ0n) is 25.2. The molecular weight excluding hydrogens is 530 g/mol. The third-order valence-corrected chi connectivity index (χ3v) is 8.74. The Bertz CT molecular complexity index is 1270. The summed E-state index contributed by atoms with van der Waals surface area (Å²) in [6.07, 6.45) is 11.1. The summed E-state index contributed by atoms with van der Waals surface area (Å²) in [7, 11) is 1.70. The highest BCUT2D eigenvalue weighted by Crippen LogP contribution is 2.28. The molecule has 0 saturated heterocycles. The van der Waals surface area contributed by atoms with E-state index in [0.29, 0.717) is 6.54 Å². The number of carbonyl (C=O) groups is 3. The Labute approximate surface area is 249 Å². The molecule has 2 aromatic rings. The lowest BCUT2D eigenvalue weighted by molar-refractivity contribution is -0.128. The number of fused-ring (bicyclic) bond motifs is 1. The van der Waals surface area contributed by atoms with Crippen molar-refractivity contribution < 1.29 is 14.4 Å². The second-order valence-corrected chi connectivity index (χ2v) is 11.8. The average molecular weight is 578 g/mol. The number of aromatic nitrogens is 1. The van der Waals surface area contributed by atoms with Gasteiger partial charge in [0.15, 0.2) is 0 Å². The summed E-state index contributed by atoms with van der Waals surface area (Å²) >= 11 is 0. The SMILES string of the molecule is CN[C@@H](C)C(=O)N[C@H](C(=O)Nc1cc2c(n(CC(=O)NCCCCc3ccccc3)c1=O)CCCC2)C1CCCCC1. The number of benzene rings is 1. The second kappa shape index (κ2) is 15.7. The number of hydrogen-bond donors (Lipinski definition) is 4. The van der Waals surface area contributed by atoms with Gasteiger partial charge in [-0.1, -0.05) is 49.6 Å². The first-order valence-electron chi connectivity index (χ1n) is 15.7. The van der Waals surface area contributed by atoms with E-state index < -0.39 is 12.1 Å². The van der Waals surface area contributed by atoms with Gasteiger partial charge in [-0.2, -0.15) is 0 Å². The maximum absolute atomic E-state index is 13.7. The van der Waals surface area contributed by atoms with Crippen LogP contribution in [-0.2, 0) is 40.2 Å². The fourth-order valence-electron chi connectivity index (χ4n) is 6.15. The van der Waals surface area contributed by atoms with E-state index in [2.05, 4.69) is 33.4 Å². The third kappa shape index (κ3) is 8.53. The van der Waals surface area contributed by atoms with Crippen LogP contribution in [0, 0.1) is 5.92 Å². The van der Waals surface area contributed by atoms with Crippen LogP contribution in [0.25, 0.3) is 0 Å². The topological polar surface area (TPSA) is 121 Å². The van der Waals surface area contributed by atoms with Gasteiger partial charge in [-0.15, -0.1) is 0 Å². The molecule has 1 aromatic heterocycles. The van der Waals surface area contributed by atoms with Crippen LogP contribution in [0.15, 0.2) is 41.2 Å². The van der Waals surface area contributed by atoms with E-state index in [1.54, 1.807) is 24.6 Å². The number of anilines is 1. The molecule has 9 heteroatoms. The number of pyridine rings is 1. The lowest BCUT2D eigenvalue weighted by atomic mass is 9.83. The fourth-order valence-corrected chi connectivity index (χ4v) is 6.15. The first kappa shape index (κ1) is 31.5. The van der Waals surface area contributed by atoms with E-state index in [-0.39, 0.29) is 41.4 Å². The summed E-state index contributed by atoms with van der Waals surface area (Å²) in [5.41, 5.74) is 2.95. The summed E-state index contributed by atoms with van der Waals surface area (Å²) < 4.78 is 1.54. The highest BCUT2D eigenvalue weighted by atomic mass is 16.2. The van der Waals surface area contributed by atoms with E-state index in [4.69, 9.17) is 0 Å². The summed E-state index contributed by atoms with van der Waals surface area (Å²) in [6, 6.07) is 10.9. The van der Waals surface area contributed by atoms with Crippen molar-refractivity contribution >= 4 is 23.4 Å². The highest BCUT2D eigenvalue weighted by molar-refractivity contribution is 5.98. The largest absolute Gasteiger partial charge is 0.355 e. The van der Waals surface area contributed by atoms with Crippen molar-refractivity contribution in [1.29, 1.82) is 0 Å². The van der Waals surface area contributed by atoms with Crippen molar-refractivity contribution in [2.45, 2.75) is 103 Å². The summed E-state index contributed by atoms with van der Waals surface area (Å²) in [6.45, 7) is 2.22. The molecule has 2 aliphatic rings. The smallest absolute Gasteiger partial charge is 0.275 e. The Kier molecular flexibility index (Phi) is 11.7. The summed E-state index contributed by atoms with van der Waals surface area (Å²) in [4.78, 5) is 53.0. The van der Waals surface area contributed by atoms with Crippen molar-refractivity contribution in [2.24, 2.45) is 5.92 Å². The average Bonchev–Trinajstić information content (AvgIpc) is 3.02. The lowest BCUT2D eigenvalue weighted by Crippen LogP contribution is -2.53. The normalized spacial score (nSPS) is 16.6. The van der Waals surface area contributed by atoms with Crippen molar-refractivity contribution in [3.63, 3.8) is 0 Å². The van der Waals surface area contributed by atoms with E-state index in [1.165, 1.54) is 5.56 Å². The van der Waals surface area contributed by atoms with E-state index >= 15 is 0 Å². The van der Waals surface area contributed by atoms with Gasteiger partial charge >= 0.3 is 0 Å². The summed E-state index contributed by atoms with van der Waals surface area (Å²) in [5.74, 6) is -0.812. The van der Waals surface area contributed by atoms with Crippen molar-refractivity contribution in [3.05, 3.63) is 63.6 Å². The number of rotatable bonds is 13. The van der Waals surface area contributed by atoms with Crippen LogP contribution in [0.1, 0.15) is 81.5 Å². The fraction of sp³-hybridized carbons (Fsp3) is 0.576. The minimum absolute atomic E-state index is 0.0132. The number of aryl methyl sites for hydroxylation is 2. The van der Waals surface area contributed by atoms with E-state index in [0.717, 1.165) is 88.3 Å². The molecule has 228 valence electrons. The first-order chi connectivity index (χ1) is 20.4. The van der Waals surface area contributed by atoms with E-state index in [9.17, 15) is 19.2 Å². The Balaban J connectivity index is 1.45. The standard InChI is InChI=1S/C33H47N5O4/c1-23(34-2)31(40)37-30(25-16-7-4-8-17-25)32(41)36-27-21-26-18-9-10-19-28(26)38(33(27)42)22-29(39)35-20-12-11-15-24-13-5-3-6-14-24/h3,5-6,13-14,21,23,25,30,34H,4,7-12,15-20,22H2,1-2H3,(H,35,39)(H,36,41)(H,37,40)/t23-,30-/m0/s1. The van der Waals surface area contributed by atoms with Gasteiger partial charge in [-0.25, -0.2) is 0 Å². The molecule has 9 nitrogen and oxygen atoms in total. The molecule has 1 aromatic carbocycles. The molecule has 0 aliphatic heterocycles. The number of nitrogens with one attached hydrogen (secondary N) is 4. The third-order valence-electron chi connectivity index (χ3n) is 8.74. The molecule has 42 heavy (non-hydrogen) atoms. The number of hydrogen-bond acceptors (Lipinski definition) is 5. The maximum Gasteiger partial charge on any atom is 0.275 e. The van der Waals surface area contributed by atoms with Crippen LogP contribution >= 0.6 is 0 Å². The van der Waals surface area contributed by atoms with Gasteiger partial charge in [0.05, 0.1) is 6.04 Å². The van der Waals surface area contributed by atoms with Gasteiger partial charge in [0, 0.05) is 12.2 Å². The van der Waals surface area contributed by atoms with Crippen LogP contribution in [0.5, 0.6) is 0 Å². The molecule has 3 amide bonds. The van der Waals surface area contributed by atoms with Crippen LogP contribution in [0.2, 0.25) is 0 Å². The second-order valence-electron chi connectivity index (χ2n) is 11.8. The molecule has 0 radical (unpaired) electrons. The Morgan fingerprint density at radius 2 is 1.69 bits per heavy atom. The van der Waals surface area contributed by atoms with Gasteiger partial charge in [-0.05, 0) is 94.9 Å². The predicted molar refractivity (Wildman–Crippen MR) is 165 cm³/mol. The van der Waals surface area contributed by atoms with Gasteiger partial charge < -0.3 is 25.8 Å². The Morgan fingerprint density at radius 3 is 2.43 bits per heavy atom. The number of amides is 3. The Hall–Kier alpha value is -3.46. The van der Waals surface area contributed by atoms with E-state index in [1.807, 2.05) is 18.2 Å². The van der Waals surface area contributed by atoms with Crippen LogP contribution in [0.3, 0.4) is 0 Å². The number of carbonyl (C=O) groups excluding carboxylic acids is 3. The predicted octanol–water partition coefficient (Wildman–Crippen LogP) is 3.48. The summed E-state index contributed by atoms with van der Waals surface area (Å²) in [5, 5.41) is 11.7. The van der Waals surface area contributed by atoms with Crippen LogP contribution < -0.4 is 26.8 Å². The molecule has 4 rings (SSSR count). The molecule has 1 saturated carbocycles.